The summed E-state index contributed by atoms with van der Waals surface area (Å²) in [5.41, 5.74) is 2.82. The number of methoxy groups -OCH3 is 1. The van der Waals surface area contributed by atoms with Gasteiger partial charge in [0.2, 0.25) is 0 Å². The molecule has 1 aromatic carbocycles. The molecule has 1 saturated carbocycles. The van der Waals surface area contributed by atoms with Crippen molar-refractivity contribution in [3.63, 3.8) is 0 Å². The molecule has 1 aliphatic carbocycles. The Morgan fingerprint density at radius 1 is 1.15 bits per heavy atom. The van der Waals surface area contributed by atoms with Crippen molar-refractivity contribution < 1.29 is 9.47 Å². The second-order valence-electron chi connectivity index (χ2n) is 7.14. The summed E-state index contributed by atoms with van der Waals surface area (Å²) in [6.45, 7) is 5.94. The lowest BCUT2D eigenvalue weighted by Gasteiger charge is -2.30. The molecule has 1 aliphatic rings. The van der Waals surface area contributed by atoms with E-state index < -0.39 is 0 Å². The number of hydrogen-bond donors (Lipinski definition) is 2. The average Bonchev–Trinajstić information content (AvgIpc) is 3.14. The highest BCUT2D eigenvalue weighted by molar-refractivity contribution is 14.0. The monoisotopic (exact) mass is 489 g/mol. The average molecular weight is 489 g/mol. The van der Waals surface area contributed by atoms with E-state index in [-0.39, 0.29) is 24.0 Å². The van der Waals surface area contributed by atoms with Gasteiger partial charge in [0.15, 0.2) is 5.96 Å². The highest BCUT2D eigenvalue weighted by atomic mass is 127. The van der Waals surface area contributed by atoms with E-state index in [9.17, 15) is 0 Å². The van der Waals surface area contributed by atoms with Crippen molar-refractivity contribution in [2.24, 2.45) is 10.4 Å². The molecule has 0 amide bonds. The zero-order valence-corrected chi connectivity index (χ0v) is 19.4. The number of ether oxygens (including phenoxy) is 2. The van der Waals surface area contributed by atoms with Gasteiger partial charge >= 0.3 is 0 Å². The molecule has 0 spiro atoms. The quantitative estimate of drug-likeness (QED) is 0.295. The number of rotatable bonds is 10. The maximum Gasteiger partial charge on any atom is 0.191 e. The highest BCUT2D eigenvalue weighted by Gasteiger charge is 2.33. The van der Waals surface area contributed by atoms with Gasteiger partial charge in [-0.05, 0) is 42.7 Å². The first-order valence-corrected chi connectivity index (χ1v) is 9.81. The standard InChI is InChI=1S/C21H35N3O2.HI/c1-4-26-16-19-10-6-5-9-18(19)15-23-20(22-2)24-17-21(13-14-25-3)11-7-8-12-21;/h5-6,9-10H,4,7-8,11-17H2,1-3H3,(H2,22,23,24);1H. The van der Waals surface area contributed by atoms with Crippen molar-refractivity contribution in [3.05, 3.63) is 35.4 Å². The zero-order valence-electron chi connectivity index (χ0n) is 17.1. The summed E-state index contributed by atoms with van der Waals surface area (Å²) in [4.78, 5) is 4.40. The van der Waals surface area contributed by atoms with Crippen LogP contribution < -0.4 is 10.6 Å². The largest absolute Gasteiger partial charge is 0.385 e. The first kappa shape index (κ1) is 24.2. The molecule has 5 nitrogen and oxygen atoms in total. The Morgan fingerprint density at radius 2 is 1.85 bits per heavy atom. The molecule has 0 aliphatic heterocycles. The minimum atomic E-state index is 0. The van der Waals surface area contributed by atoms with E-state index >= 15 is 0 Å². The van der Waals surface area contributed by atoms with Gasteiger partial charge in [0.1, 0.15) is 0 Å². The van der Waals surface area contributed by atoms with Crippen LogP contribution in [0.15, 0.2) is 29.3 Å². The van der Waals surface area contributed by atoms with Crippen LogP contribution >= 0.6 is 24.0 Å². The van der Waals surface area contributed by atoms with E-state index in [0.717, 1.165) is 38.7 Å². The van der Waals surface area contributed by atoms with E-state index in [4.69, 9.17) is 9.47 Å². The molecule has 0 heterocycles. The Balaban J connectivity index is 0.00000364. The van der Waals surface area contributed by atoms with Crippen LogP contribution in [0.5, 0.6) is 0 Å². The molecule has 0 atom stereocenters. The van der Waals surface area contributed by atoms with Crippen LogP contribution in [0.3, 0.4) is 0 Å². The maximum atomic E-state index is 5.57. The van der Waals surface area contributed by atoms with Crippen LogP contribution in [-0.2, 0) is 22.6 Å². The lowest BCUT2D eigenvalue weighted by atomic mass is 9.83. The fourth-order valence-electron chi connectivity index (χ4n) is 3.71. The predicted molar refractivity (Wildman–Crippen MR) is 123 cm³/mol. The summed E-state index contributed by atoms with van der Waals surface area (Å²) < 4.78 is 10.9. The van der Waals surface area contributed by atoms with Crippen molar-refractivity contribution in [3.8, 4) is 0 Å². The first-order valence-electron chi connectivity index (χ1n) is 9.81. The van der Waals surface area contributed by atoms with Gasteiger partial charge in [-0.2, -0.15) is 0 Å². The molecule has 1 fully saturated rings. The molecule has 27 heavy (non-hydrogen) atoms. The Hall–Kier alpha value is -0.860. The van der Waals surface area contributed by atoms with Crippen LogP contribution in [-0.4, -0.2) is 39.9 Å². The summed E-state index contributed by atoms with van der Waals surface area (Å²) in [5, 5.41) is 7.00. The van der Waals surface area contributed by atoms with Gasteiger partial charge < -0.3 is 20.1 Å². The van der Waals surface area contributed by atoms with Crippen LogP contribution in [0.4, 0.5) is 0 Å². The van der Waals surface area contributed by atoms with Gasteiger partial charge in [0.25, 0.3) is 0 Å². The summed E-state index contributed by atoms with van der Waals surface area (Å²) in [6, 6.07) is 8.40. The topological polar surface area (TPSA) is 54.9 Å². The van der Waals surface area contributed by atoms with E-state index in [1.54, 1.807) is 7.11 Å². The highest BCUT2D eigenvalue weighted by Crippen LogP contribution is 2.40. The summed E-state index contributed by atoms with van der Waals surface area (Å²) in [6.07, 6.45) is 6.31. The minimum Gasteiger partial charge on any atom is -0.385 e. The molecule has 2 N–H and O–H groups in total. The lowest BCUT2D eigenvalue weighted by molar-refractivity contribution is 0.133. The smallest absolute Gasteiger partial charge is 0.191 e. The second kappa shape index (κ2) is 13.3. The molecule has 2 rings (SSSR count). The van der Waals surface area contributed by atoms with E-state index in [2.05, 4.69) is 39.9 Å². The van der Waals surface area contributed by atoms with E-state index in [1.165, 1.54) is 36.8 Å². The van der Waals surface area contributed by atoms with Gasteiger partial charge in [-0.25, -0.2) is 0 Å². The van der Waals surface area contributed by atoms with Crippen LogP contribution in [0.25, 0.3) is 0 Å². The maximum absolute atomic E-state index is 5.57. The lowest BCUT2D eigenvalue weighted by Crippen LogP contribution is -2.43. The van der Waals surface area contributed by atoms with E-state index in [0.29, 0.717) is 12.0 Å². The minimum absolute atomic E-state index is 0. The zero-order chi connectivity index (χ0) is 18.7. The molecule has 0 unspecified atom stereocenters. The van der Waals surface area contributed by atoms with Gasteiger partial charge in [0, 0.05) is 40.5 Å². The molecule has 0 saturated heterocycles. The van der Waals surface area contributed by atoms with Crippen LogP contribution in [0.2, 0.25) is 0 Å². The van der Waals surface area contributed by atoms with Gasteiger partial charge in [0.05, 0.1) is 6.61 Å². The van der Waals surface area contributed by atoms with Crippen molar-refractivity contribution in [1.82, 2.24) is 10.6 Å². The number of halogens is 1. The number of nitrogens with zero attached hydrogens (tertiary/aromatic N) is 1. The fourth-order valence-corrected chi connectivity index (χ4v) is 3.71. The van der Waals surface area contributed by atoms with Crippen molar-refractivity contribution in [2.75, 3.05) is 33.9 Å². The number of nitrogens with one attached hydrogen (secondary N) is 2. The van der Waals surface area contributed by atoms with E-state index in [1.807, 2.05) is 14.0 Å². The van der Waals surface area contributed by atoms with Crippen LogP contribution in [0.1, 0.15) is 50.2 Å². The summed E-state index contributed by atoms with van der Waals surface area (Å²) in [7, 11) is 3.62. The van der Waals surface area contributed by atoms with Gasteiger partial charge in [-0.1, -0.05) is 37.1 Å². The van der Waals surface area contributed by atoms with Crippen molar-refractivity contribution in [2.45, 2.75) is 52.2 Å². The third kappa shape index (κ3) is 7.95. The summed E-state index contributed by atoms with van der Waals surface area (Å²) in [5.74, 6) is 0.861. The predicted octanol–water partition coefficient (Wildman–Crippen LogP) is 4.10. The van der Waals surface area contributed by atoms with Crippen LogP contribution in [0, 0.1) is 5.41 Å². The van der Waals surface area contributed by atoms with Crippen molar-refractivity contribution in [1.29, 1.82) is 0 Å². The van der Waals surface area contributed by atoms with Crippen molar-refractivity contribution >= 4 is 29.9 Å². The number of benzene rings is 1. The molecular formula is C21H36IN3O2. The number of aliphatic imine (C=N–C) groups is 1. The Labute approximate surface area is 181 Å². The number of guanidine groups is 1. The molecule has 6 heteroatoms. The van der Waals surface area contributed by atoms with Gasteiger partial charge in [-0.15, -0.1) is 24.0 Å². The van der Waals surface area contributed by atoms with Gasteiger partial charge in [-0.3, -0.25) is 4.99 Å². The molecule has 0 aromatic heterocycles. The Morgan fingerprint density at radius 3 is 2.48 bits per heavy atom. The third-order valence-corrected chi connectivity index (χ3v) is 5.38. The Bertz CT molecular complexity index is 560. The SMILES string of the molecule is CCOCc1ccccc1CNC(=NC)NCC1(CCOC)CCCC1.I. The number of hydrogen-bond acceptors (Lipinski definition) is 3. The molecule has 0 bridgehead atoms. The molecule has 1 aromatic rings. The fraction of sp³-hybridized carbons (Fsp3) is 0.667. The molecule has 154 valence electrons. The summed E-state index contributed by atoms with van der Waals surface area (Å²) >= 11 is 0. The third-order valence-electron chi connectivity index (χ3n) is 5.38. The second-order valence-corrected chi connectivity index (χ2v) is 7.14. The molecular weight excluding hydrogens is 453 g/mol. The first-order chi connectivity index (χ1) is 12.7. The normalized spacial score (nSPS) is 16.0. The molecule has 0 radical (unpaired) electrons. The Kier molecular flexibility index (Phi) is 11.9.